The van der Waals surface area contributed by atoms with Gasteiger partial charge in [0.15, 0.2) is 0 Å². The van der Waals surface area contributed by atoms with Crippen LogP contribution in [0.15, 0.2) is 24.3 Å². The van der Waals surface area contributed by atoms with E-state index < -0.39 is 6.10 Å². The first-order valence-electron chi connectivity index (χ1n) is 5.96. The van der Waals surface area contributed by atoms with E-state index in [4.69, 9.17) is 4.74 Å². The summed E-state index contributed by atoms with van der Waals surface area (Å²) in [5.74, 6) is -0.572. The van der Waals surface area contributed by atoms with Gasteiger partial charge in [-0.05, 0) is 24.1 Å². The van der Waals surface area contributed by atoms with Crippen molar-refractivity contribution >= 4 is 5.91 Å². The summed E-state index contributed by atoms with van der Waals surface area (Å²) in [6.45, 7) is 1.18. The van der Waals surface area contributed by atoms with Gasteiger partial charge in [0.1, 0.15) is 5.82 Å². The van der Waals surface area contributed by atoms with Gasteiger partial charge in [-0.3, -0.25) is 4.79 Å². The molecule has 1 saturated heterocycles. The van der Waals surface area contributed by atoms with E-state index >= 15 is 0 Å². The molecule has 98 valence electrons. The van der Waals surface area contributed by atoms with Crippen LogP contribution in [0.25, 0.3) is 0 Å². The number of carbonyl (C=O) groups is 1. The Bertz CT molecular complexity index is 401. The first kappa shape index (κ1) is 13.0. The summed E-state index contributed by atoms with van der Waals surface area (Å²) < 4.78 is 17.8. The molecule has 18 heavy (non-hydrogen) atoms. The monoisotopic (exact) mass is 253 g/mol. The third kappa shape index (κ3) is 3.27. The van der Waals surface area contributed by atoms with Gasteiger partial charge in [0.25, 0.3) is 0 Å². The minimum absolute atomic E-state index is 0.103. The highest BCUT2D eigenvalue weighted by atomic mass is 19.1. The van der Waals surface area contributed by atoms with E-state index in [1.807, 2.05) is 0 Å². The molecular formula is C13H16FNO3. The van der Waals surface area contributed by atoms with E-state index in [2.05, 4.69) is 5.32 Å². The van der Waals surface area contributed by atoms with E-state index in [-0.39, 0.29) is 24.2 Å². The van der Waals surface area contributed by atoms with Crippen LogP contribution in [0.2, 0.25) is 0 Å². The second-order valence-corrected chi connectivity index (χ2v) is 4.37. The molecule has 1 aliphatic rings. The zero-order valence-electron chi connectivity index (χ0n) is 9.93. The number of hydrogen-bond donors (Lipinski definition) is 2. The molecule has 1 heterocycles. The Balaban J connectivity index is 1.82. The summed E-state index contributed by atoms with van der Waals surface area (Å²) in [5.41, 5.74) is 0.583. The van der Waals surface area contributed by atoms with Gasteiger partial charge >= 0.3 is 0 Å². The van der Waals surface area contributed by atoms with Gasteiger partial charge in [-0.1, -0.05) is 12.1 Å². The fourth-order valence-electron chi connectivity index (χ4n) is 1.89. The largest absolute Gasteiger partial charge is 0.387 e. The third-order valence-corrected chi connectivity index (χ3v) is 3.02. The van der Waals surface area contributed by atoms with Crippen molar-refractivity contribution in [3.63, 3.8) is 0 Å². The van der Waals surface area contributed by atoms with Gasteiger partial charge < -0.3 is 15.2 Å². The molecule has 2 N–H and O–H groups in total. The summed E-state index contributed by atoms with van der Waals surface area (Å²) in [5, 5.41) is 12.5. The highest BCUT2D eigenvalue weighted by Gasteiger charge is 2.23. The second-order valence-electron chi connectivity index (χ2n) is 4.37. The van der Waals surface area contributed by atoms with Crippen molar-refractivity contribution in [1.82, 2.24) is 5.32 Å². The molecule has 2 rings (SSSR count). The standard InChI is InChI=1S/C13H16FNO3/c14-11-3-1-9(2-4-11)12(16)7-15-13(17)10-5-6-18-8-10/h1-4,10,12,16H,5-8H2,(H,15,17). The molecule has 4 nitrogen and oxygen atoms in total. The number of carbonyl (C=O) groups excluding carboxylic acids is 1. The maximum Gasteiger partial charge on any atom is 0.225 e. The summed E-state index contributed by atoms with van der Waals surface area (Å²) >= 11 is 0. The van der Waals surface area contributed by atoms with Crippen LogP contribution in [0.5, 0.6) is 0 Å². The number of nitrogens with one attached hydrogen (secondary N) is 1. The van der Waals surface area contributed by atoms with Crippen molar-refractivity contribution in [2.75, 3.05) is 19.8 Å². The molecule has 1 fully saturated rings. The molecule has 0 aliphatic carbocycles. The number of amides is 1. The van der Waals surface area contributed by atoms with Crippen LogP contribution in [0.3, 0.4) is 0 Å². The lowest BCUT2D eigenvalue weighted by Gasteiger charge is -2.14. The topological polar surface area (TPSA) is 58.6 Å². The Labute approximate surface area is 105 Å². The number of aliphatic hydroxyl groups excluding tert-OH is 1. The number of benzene rings is 1. The molecule has 0 aromatic heterocycles. The highest BCUT2D eigenvalue weighted by Crippen LogP contribution is 2.14. The summed E-state index contributed by atoms with van der Waals surface area (Å²) in [4.78, 5) is 11.7. The molecule has 0 bridgehead atoms. The zero-order valence-corrected chi connectivity index (χ0v) is 9.93. The van der Waals surface area contributed by atoms with Crippen molar-refractivity contribution in [2.24, 2.45) is 5.92 Å². The van der Waals surface area contributed by atoms with Crippen molar-refractivity contribution in [3.05, 3.63) is 35.6 Å². The van der Waals surface area contributed by atoms with Crippen molar-refractivity contribution in [2.45, 2.75) is 12.5 Å². The van der Waals surface area contributed by atoms with Crippen molar-refractivity contribution in [1.29, 1.82) is 0 Å². The fourth-order valence-corrected chi connectivity index (χ4v) is 1.89. The average molecular weight is 253 g/mol. The molecule has 0 spiro atoms. The molecule has 1 aromatic rings. The normalized spacial score (nSPS) is 20.7. The number of aliphatic hydroxyl groups is 1. The van der Waals surface area contributed by atoms with Crippen LogP contribution >= 0.6 is 0 Å². The Morgan fingerprint density at radius 2 is 2.22 bits per heavy atom. The summed E-state index contributed by atoms with van der Waals surface area (Å²) in [6, 6.07) is 5.58. The SMILES string of the molecule is O=C(NCC(O)c1ccc(F)cc1)C1CCOC1. The van der Waals surface area contributed by atoms with Crippen LogP contribution < -0.4 is 5.32 Å². The number of hydrogen-bond acceptors (Lipinski definition) is 3. The number of ether oxygens (including phenoxy) is 1. The molecule has 1 aromatic carbocycles. The minimum Gasteiger partial charge on any atom is -0.387 e. The van der Waals surface area contributed by atoms with Crippen LogP contribution in [0, 0.1) is 11.7 Å². The first-order valence-corrected chi connectivity index (χ1v) is 5.96. The van der Waals surface area contributed by atoms with E-state index in [0.29, 0.717) is 18.8 Å². The van der Waals surface area contributed by atoms with Gasteiger partial charge in [0, 0.05) is 13.2 Å². The Kier molecular flexibility index (Phi) is 4.28. The predicted molar refractivity (Wildman–Crippen MR) is 63.3 cm³/mol. The van der Waals surface area contributed by atoms with Gasteiger partial charge in [0.05, 0.1) is 18.6 Å². The lowest BCUT2D eigenvalue weighted by atomic mass is 10.1. The summed E-state index contributed by atoms with van der Waals surface area (Å²) in [6.07, 6.45) is -0.102. The number of halogens is 1. The Morgan fingerprint density at radius 1 is 1.50 bits per heavy atom. The van der Waals surface area contributed by atoms with E-state index in [0.717, 1.165) is 6.42 Å². The van der Waals surface area contributed by atoms with Gasteiger partial charge in [-0.2, -0.15) is 0 Å². The molecular weight excluding hydrogens is 237 g/mol. The van der Waals surface area contributed by atoms with Gasteiger partial charge in [-0.25, -0.2) is 4.39 Å². The molecule has 1 aliphatic heterocycles. The van der Waals surface area contributed by atoms with Gasteiger partial charge in [-0.15, -0.1) is 0 Å². The van der Waals surface area contributed by atoms with Crippen LogP contribution in [-0.4, -0.2) is 30.8 Å². The van der Waals surface area contributed by atoms with E-state index in [9.17, 15) is 14.3 Å². The van der Waals surface area contributed by atoms with Crippen LogP contribution in [-0.2, 0) is 9.53 Å². The molecule has 5 heteroatoms. The molecule has 0 radical (unpaired) electrons. The predicted octanol–water partition coefficient (Wildman–Crippen LogP) is 1.01. The van der Waals surface area contributed by atoms with E-state index in [1.54, 1.807) is 0 Å². The maximum absolute atomic E-state index is 12.7. The summed E-state index contributed by atoms with van der Waals surface area (Å²) in [7, 11) is 0. The van der Waals surface area contributed by atoms with Crippen LogP contribution in [0.4, 0.5) is 4.39 Å². The average Bonchev–Trinajstić information content (AvgIpc) is 2.90. The smallest absolute Gasteiger partial charge is 0.225 e. The lowest BCUT2D eigenvalue weighted by Crippen LogP contribution is -2.34. The Morgan fingerprint density at radius 3 is 2.83 bits per heavy atom. The maximum atomic E-state index is 12.7. The van der Waals surface area contributed by atoms with Crippen molar-refractivity contribution < 1.29 is 19.0 Å². The lowest BCUT2D eigenvalue weighted by molar-refractivity contribution is -0.125. The Hall–Kier alpha value is -1.46. The molecule has 2 unspecified atom stereocenters. The quantitative estimate of drug-likeness (QED) is 0.842. The second kappa shape index (κ2) is 5.93. The number of rotatable bonds is 4. The molecule has 2 atom stereocenters. The van der Waals surface area contributed by atoms with Crippen molar-refractivity contribution in [3.8, 4) is 0 Å². The highest BCUT2D eigenvalue weighted by molar-refractivity contribution is 5.79. The molecule has 1 amide bonds. The van der Waals surface area contributed by atoms with E-state index in [1.165, 1.54) is 24.3 Å². The molecule has 0 saturated carbocycles. The fraction of sp³-hybridized carbons (Fsp3) is 0.462. The zero-order chi connectivity index (χ0) is 13.0. The minimum atomic E-state index is -0.822. The third-order valence-electron chi connectivity index (χ3n) is 3.02. The van der Waals surface area contributed by atoms with Gasteiger partial charge in [0.2, 0.25) is 5.91 Å². The van der Waals surface area contributed by atoms with Crippen LogP contribution in [0.1, 0.15) is 18.1 Å². The first-order chi connectivity index (χ1) is 8.66.